The maximum atomic E-state index is 11.7. The zero-order valence-electron chi connectivity index (χ0n) is 12.7. The minimum atomic E-state index is -0.00391. The van der Waals surface area contributed by atoms with E-state index in [2.05, 4.69) is 19.2 Å². The standard InChI is InChI=1S/C16H26N2O2/c1-12(2)10-11-20-15-7-5-14(6-8-15)18-16(19)9-4-13(3)17/h5-8,12-13H,4,9-11,17H2,1-3H3,(H,18,19). The number of benzene rings is 1. The highest BCUT2D eigenvalue weighted by molar-refractivity contribution is 5.90. The first-order valence-corrected chi connectivity index (χ1v) is 7.25. The van der Waals surface area contributed by atoms with E-state index >= 15 is 0 Å². The molecule has 20 heavy (non-hydrogen) atoms. The van der Waals surface area contributed by atoms with Gasteiger partial charge in [0.15, 0.2) is 0 Å². The molecule has 0 aliphatic heterocycles. The van der Waals surface area contributed by atoms with Crippen LogP contribution in [-0.4, -0.2) is 18.6 Å². The Balaban J connectivity index is 2.36. The van der Waals surface area contributed by atoms with Crippen molar-refractivity contribution in [3.8, 4) is 5.75 Å². The predicted molar refractivity (Wildman–Crippen MR) is 82.9 cm³/mol. The van der Waals surface area contributed by atoms with E-state index in [1.165, 1.54) is 0 Å². The van der Waals surface area contributed by atoms with Gasteiger partial charge in [0, 0.05) is 18.2 Å². The Morgan fingerprint density at radius 2 is 1.85 bits per heavy atom. The third kappa shape index (κ3) is 7.14. The van der Waals surface area contributed by atoms with Crippen LogP contribution in [0.3, 0.4) is 0 Å². The molecule has 0 bridgehead atoms. The minimum absolute atomic E-state index is 0.00391. The SMILES string of the molecule is CC(C)CCOc1ccc(NC(=O)CCC(C)N)cc1. The van der Waals surface area contributed by atoms with E-state index < -0.39 is 0 Å². The Labute approximate surface area is 121 Å². The van der Waals surface area contributed by atoms with Crippen molar-refractivity contribution >= 4 is 11.6 Å². The third-order valence-corrected chi connectivity index (χ3v) is 2.93. The van der Waals surface area contributed by atoms with Crippen LogP contribution in [-0.2, 0) is 4.79 Å². The molecule has 0 fully saturated rings. The Bertz CT molecular complexity index is 399. The molecule has 1 aromatic carbocycles. The number of amides is 1. The van der Waals surface area contributed by atoms with Crippen molar-refractivity contribution in [2.75, 3.05) is 11.9 Å². The molecule has 0 aliphatic carbocycles. The molecule has 1 atom stereocenters. The molecule has 4 heteroatoms. The second-order valence-electron chi connectivity index (χ2n) is 5.62. The number of anilines is 1. The number of ether oxygens (including phenoxy) is 1. The molecule has 0 heterocycles. The van der Waals surface area contributed by atoms with Crippen LogP contribution in [0.5, 0.6) is 5.75 Å². The van der Waals surface area contributed by atoms with Gasteiger partial charge in [0.2, 0.25) is 5.91 Å². The highest BCUT2D eigenvalue weighted by atomic mass is 16.5. The van der Waals surface area contributed by atoms with Crippen molar-refractivity contribution in [2.45, 2.75) is 46.1 Å². The molecule has 1 rings (SSSR count). The van der Waals surface area contributed by atoms with Crippen LogP contribution in [0.1, 0.15) is 40.0 Å². The summed E-state index contributed by atoms with van der Waals surface area (Å²) in [5, 5.41) is 2.85. The van der Waals surface area contributed by atoms with Crippen molar-refractivity contribution in [1.82, 2.24) is 0 Å². The summed E-state index contributed by atoms with van der Waals surface area (Å²) in [7, 11) is 0. The van der Waals surface area contributed by atoms with Gasteiger partial charge in [0.25, 0.3) is 0 Å². The third-order valence-electron chi connectivity index (χ3n) is 2.93. The van der Waals surface area contributed by atoms with Crippen molar-refractivity contribution in [2.24, 2.45) is 11.7 Å². The molecular weight excluding hydrogens is 252 g/mol. The average Bonchev–Trinajstić information content (AvgIpc) is 2.38. The Morgan fingerprint density at radius 3 is 2.40 bits per heavy atom. The predicted octanol–water partition coefficient (Wildman–Crippen LogP) is 3.18. The molecular formula is C16H26N2O2. The largest absolute Gasteiger partial charge is 0.494 e. The number of rotatable bonds is 8. The van der Waals surface area contributed by atoms with E-state index in [1.807, 2.05) is 31.2 Å². The van der Waals surface area contributed by atoms with E-state index in [1.54, 1.807) is 0 Å². The zero-order chi connectivity index (χ0) is 15.0. The van der Waals surface area contributed by atoms with Crippen molar-refractivity contribution < 1.29 is 9.53 Å². The molecule has 4 nitrogen and oxygen atoms in total. The Kier molecular flexibility index (Phi) is 7.09. The first-order chi connectivity index (χ1) is 9.47. The van der Waals surface area contributed by atoms with Crippen LogP contribution in [0.4, 0.5) is 5.69 Å². The Hall–Kier alpha value is -1.55. The van der Waals surface area contributed by atoms with Gasteiger partial charge in [-0.15, -0.1) is 0 Å². The fourth-order valence-electron chi connectivity index (χ4n) is 1.63. The molecule has 0 radical (unpaired) electrons. The van der Waals surface area contributed by atoms with Crippen molar-refractivity contribution in [1.29, 1.82) is 0 Å². The fraction of sp³-hybridized carbons (Fsp3) is 0.562. The molecule has 1 unspecified atom stereocenters. The summed E-state index contributed by atoms with van der Waals surface area (Å²) in [5.74, 6) is 1.47. The molecule has 112 valence electrons. The lowest BCUT2D eigenvalue weighted by atomic mass is 10.1. The number of carbonyl (C=O) groups excluding carboxylic acids is 1. The molecule has 0 spiro atoms. The van der Waals surface area contributed by atoms with E-state index in [-0.39, 0.29) is 11.9 Å². The lowest BCUT2D eigenvalue weighted by Gasteiger charge is -2.10. The van der Waals surface area contributed by atoms with Crippen LogP contribution >= 0.6 is 0 Å². The van der Waals surface area contributed by atoms with Gasteiger partial charge in [0.05, 0.1) is 6.61 Å². The normalized spacial score (nSPS) is 12.2. The molecule has 1 aromatic rings. The van der Waals surface area contributed by atoms with Gasteiger partial charge in [-0.3, -0.25) is 4.79 Å². The van der Waals surface area contributed by atoms with Gasteiger partial charge in [-0.2, -0.15) is 0 Å². The van der Waals surface area contributed by atoms with Crippen LogP contribution in [0, 0.1) is 5.92 Å². The van der Waals surface area contributed by atoms with E-state index in [4.69, 9.17) is 10.5 Å². The van der Waals surface area contributed by atoms with E-state index in [9.17, 15) is 4.79 Å². The lowest BCUT2D eigenvalue weighted by molar-refractivity contribution is -0.116. The average molecular weight is 278 g/mol. The number of nitrogens with one attached hydrogen (secondary N) is 1. The molecule has 0 saturated carbocycles. The van der Waals surface area contributed by atoms with Crippen LogP contribution in [0.2, 0.25) is 0 Å². The van der Waals surface area contributed by atoms with Crippen molar-refractivity contribution in [3.05, 3.63) is 24.3 Å². The number of hydrogen-bond donors (Lipinski definition) is 2. The van der Waals surface area contributed by atoms with Gasteiger partial charge in [0.1, 0.15) is 5.75 Å². The summed E-state index contributed by atoms with van der Waals surface area (Å²) >= 11 is 0. The summed E-state index contributed by atoms with van der Waals surface area (Å²) in [6, 6.07) is 7.52. The van der Waals surface area contributed by atoms with Gasteiger partial charge in [-0.25, -0.2) is 0 Å². The molecule has 1 amide bonds. The number of nitrogens with two attached hydrogens (primary N) is 1. The summed E-state index contributed by atoms with van der Waals surface area (Å²) in [5.41, 5.74) is 6.41. The topological polar surface area (TPSA) is 64.3 Å². The number of hydrogen-bond acceptors (Lipinski definition) is 3. The van der Waals surface area contributed by atoms with E-state index in [0.29, 0.717) is 18.8 Å². The summed E-state index contributed by atoms with van der Waals surface area (Å²) < 4.78 is 5.63. The van der Waals surface area contributed by atoms with Gasteiger partial charge < -0.3 is 15.8 Å². The van der Waals surface area contributed by atoms with Crippen molar-refractivity contribution in [3.63, 3.8) is 0 Å². The van der Waals surface area contributed by atoms with Gasteiger partial charge in [-0.05, 0) is 49.9 Å². The van der Waals surface area contributed by atoms with Gasteiger partial charge in [-0.1, -0.05) is 13.8 Å². The van der Waals surface area contributed by atoms with Crippen LogP contribution < -0.4 is 15.8 Å². The maximum Gasteiger partial charge on any atom is 0.224 e. The van der Waals surface area contributed by atoms with Gasteiger partial charge >= 0.3 is 0 Å². The van der Waals surface area contributed by atoms with Crippen LogP contribution in [0.25, 0.3) is 0 Å². The second-order valence-corrected chi connectivity index (χ2v) is 5.62. The molecule has 0 aliphatic rings. The molecule has 3 N–H and O–H groups in total. The fourth-order valence-corrected chi connectivity index (χ4v) is 1.63. The highest BCUT2D eigenvalue weighted by Crippen LogP contribution is 2.16. The highest BCUT2D eigenvalue weighted by Gasteiger charge is 2.04. The first kappa shape index (κ1) is 16.5. The monoisotopic (exact) mass is 278 g/mol. The lowest BCUT2D eigenvalue weighted by Crippen LogP contribution is -2.19. The number of carbonyl (C=O) groups is 1. The maximum absolute atomic E-state index is 11.7. The summed E-state index contributed by atoms with van der Waals surface area (Å²) in [4.78, 5) is 11.7. The zero-order valence-corrected chi connectivity index (χ0v) is 12.7. The Morgan fingerprint density at radius 1 is 1.20 bits per heavy atom. The minimum Gasteiger partial charge on any atom is -0.494 e. The first-order valence-electron chi connectivity index (χ1n) is 7.25. The van der Waals surface area contributed by atoms with Crippen LogP contribution in [0.15, 0.2) is 24.3 Å². The molecule has 0 aromatic heterocycles. The second kappa shape index (κ2) is 8.59. The van der Waals surface area contributed by atoms with E-state index in [0.717, 1.165) is 24.5 Å². The smallest absolute Gasteiger partial charge is 0.224 e. The quantitative estimate of drug-likeness (QED) is 0.767. The molecule has 0 saturated heterocycles. The summed E-state index contributed by atoms with van der Waals surface area (Å²) in [6.07, 6.45) is 2.18. The summed E-state index contributed by atoms with van der Waals surface area (Å²) in [6.45, 7) is 6.96.